The molecule has 92 valence electrons. The van der Waals surface area contributed by atoms with Crippen molar-refractivity contribution in [2.45, 2.75) is 32.7 Å². The van der Waals surface area contributed by atoms with Gasteiger partial charge in [0.15, 0.2) is 0 Å². The van der Waals surface area contributed by atoms with Crippen molar-refractivity contribution in [3.63, 3.8) is 0 Å². The minimum absolute atomic E-state index is 0.540. The average Bonchev–Trinajstić information content (AvgIpc) is 2.81. The third-order valence-electron chi connectivity index (χ3n) is 3.16. The molecule has 0 aromatic carbocycles. The fourth-order valence-corrected chi connectivity index (χ4v) is 1.92. The van der Waals surface area contributed by atoms with E-state index in [0.29, 0.717) is 6.04 Å². The van der Waals surface area contributed by atoms with E-state index >= 15 is 0 Å². The summed E-state index contributed by atoms with van der Waals surface area (Å²) in [5.41, 5.74) is 1.28. The Balaban J connectivity index is 2.31. The van der Waals surface area contributed by atoms with Crippen LogP contribution in [0.15, 0.2) is 23.0 Å². The molecule has 0 spiro atoms. The molecule has 1 atom stereocenters. The summed E-state index contributed by atoms with van der Waals surface area (Å²) in [6, 6.07) is 2.58. The molecule has 16 heavy (non-hydrogen) atoms. The topological polar surface area (TPSA) is 28.4 Å². The fourth-order valence-electron chi connectivity index (χ4n) is 1.92. The fraction of sp³-hybridized carbons (Fsp3) is 0.692. The number of nitrogens with one attached hydrogen (secondary N) is 1. The first-order valence-corrected chi connectivity index (χ1v) is 6.20. The second-order valence-corrected chi connectivity index (χ2v) is 4.14. The van der Waals surface area contributed by atoms with Crippen LogP contribution in [-0.4, -0.2) is 37.6 Å². The SMILES string of the molecule is CCN(CC)CCC(Cc1ccoc1)NC. The summed E-state index contributed by atoms with van der Waals surface area (Å²) >= 11 is 0. The van der Waals surface area contributed by atoms with E-state index in [0.717, 1.165) is 26.1 Å². The van der Waals surface area contributed by atoms with E-state index in [-0.39, 0.29) is 0 Å². The maximum absolute atomic E-state index is 5.09. The second kappa shape index (κ2) is 7.47. The van der Waals surface area contributed by atoms with Gasteiger partial charge in [-0.1, -0.05) is 13.8 Å². The zero-order chi connectivity index (χ0) is 11.8. The Labute approximate surface area is 98.8 Å². The first-order valence-electron chi connectivity index (χ1n) is 6.20. The van der Waals surface area contributed by atoms with E-state index in [4.69, 9.17) is 4.42 Å². The van der Waals surface area contributed by atoms with Crippen LogP contribution in [0.3, 0.4) is 0 Å². The Morgan fingerprint density at radius 3 is 2.62 bits per heavy atom. The summed E-state index contributed by atoms with van der Waals surface area (Å²) in [4.78, 5) is 2.46. The van der Waals surface area contributed by atoms with Crippen LogP contribution in [-0.2, 0) is 6.42 Å². The monoisotopic (exact) mass is 224 g/mol. The first-order chi connectivity index (χ1) is 7.80. The van der Waals surface area contributed by atoms with Gasteiger partial charge in [-0.05, 0) is 51.2 Å². The minimum Gasteiger partial charge on any atom is -0.472 e. The van der Waals surface area contributed by atoms with E-state index in [9.17, 15) is 0 Å². The van der Waals surface area contributed by atoms with Gasteiger partial charge in [0, 0.05) is 6.04 Å². The third kappa shape index (κ3) is 4.37. The number of likely N-dealkylation sites (N-methyl/N-ethyl adjacent to an activating group) is 1. The Morgan fingerprint density at radius 2 is 2.12 bits per heavy atom. The quantitative estimate of drug-likeness (QED) is 0.733. The van der Waals surface area contributed by atoms with E-state index in [1.807, 2.05) is 19.4 Å². The first kappa shape index (κ1) is 13.3. The van der Waals surface area contributed by atoms with Gasteiger partial charge >= 0.3 is 0 Å². The molecule has 0 aliphatic carbocycles. The van der Waals surface area contributed by atoms with Crippen molar-refractivity contribution >= 4 is 0 Å². The zero-order valence-corrected chi connectivity index (χ0v) is 10.7. The van der Waals surface area contributed by atoms with Gasteiger partial charge < -0.3 is 14.6 Å². The summed E-state index contributed by atoms with van der Waals surface area (Å²) in [6.07, 6.45) is 5.81. The largest absolute Gasteiger partial charge is 0.472 e. The molecule has 1 aromatic heterocycles. The molecule has 0 saturated carbocycles. The van der Waals surface area contributed by atoms with Gasteiger partial charge in [-0.25, -0.2) is 0 Å². The Morgan fingerprint density at radius 1 is 1.38 bits per heavy atom. The van der Waals surface area contributed by atoms with Crippen LogP contribution < -0.4 is 5.32 Å². The lowest BCUT2D eigenvalue weighted by atomic mass is 10.1. The molecule has 0 amide bonds. The van der Waals surface area contributed by atoms with Crippen molar-refractivity contribution in [1.29, 1.82) is 0 Å². The molecule has 0 aliphatic heterocycles. The predicted molar refractivity (Wildman–Crippen MR) is 67.7 cm³/mol. The molecule has 0 fully saturated rings. The van der Waals surface area contributed by atoms with Crippen LogP contribution >= 0.6 is 0 Å². The molecule has 1 aromatic rings. The highest BCUT2D eigenvalue weighted by Gasteiger charge is 2.09. The molecule has 1 N–H and O–H groups in total. The van der Waals surface area contributed by atoms with Gasteiger partial charge in [-0.3, -0.25) is 0 Å². The zero-order valence-electron chi connectivity index (χ0n) is 10.7. The summed E-state index contributed by atoms with van der Waals surface area (Å²) in [6.45, 7) is 7.87. The molecule has 0 aliphatic rings. The smallest absolute Gasteiger partial charge is 0.0935 e. The molecule has 1 heterocycles. The van der Waals surface area contributed by atoms with Crippen molar-refractivity contribution in [1.82, 2.24) is 10.2 Å². The maximum Gasteiger partial charge on any atom is 0.0935 e. The van der Waals surface area contributed by atoms with Gasteiger partial charge in [0.25, 0.3) is 0 Å². The summed E-state index contributed by atoms with van der Waals surface area (Å²) < 4.78 is 5.09. The normalized spacial score (nSPS) is 13.2. The summed E-state index contributed by atoms with van der Waals surface area (Å²) in [5.74, 6) is 0. The van der Waals surface area contributed by atoms with Crippen molar-refractivity contribution in [3.05, 3.63) is 24.2 Å². The highest BCUT2D eigenvalue weighted by atomic mass is 16.3. The Kier molecular flexibility index (Phi) is 6.19. The van der Waals surface area contributed by atoms with Crippen molar-refractivity contribution in [2.75, 3.05) is 26.7 Å². The third-order valence-corrected chi connectivity index (χ3v) is 3.16. The molecule has 0 bridgehead atoms. The van der Waals surface area contributed by atoms with Crippen molar-refractivity contribution in [3.8, 4) is 0 Å². The number of nitrogens with zero attached hydrogens (tertiary/aromatic N) is 1. The lowest BCUT2D eigenvalue weighted by Gasteiger charge is -2.22. The summed E-state index contributed by atoms with van der Waals surface area (Å²) in [5, 5.41) is 3.38. The van der Waals surface area contributed by atoms with E-state index in [1.54, 1.807) is 6.26 Å². The molecule has 1 unspecified atom stereocenters. The lowest BCUT2D eigenvalue weighted by molar-refractivity contribution is 0.283. The average molecular weight is 224 g/mol. The number of hydrogen-bond acceptors (Lipinski definition) is 3. The van der Waals surface area contributed by atoms with Gasteiger partial charge in [0.2, 0.25) is 0 Å². The molecule has 0 radical (unpaired) electrons. The maximum atomic E-state index is 5.09. The van der Waals surface area contributed by atoms with Crippen LogP contribution in [0, 0.1) is 0 Å². The van der Waals surface area contributed by atoms with Gasteiger partial charge in [0.05, 0.1) is 12.5 Å². The van der Waals surface area contributed by atoms with Crippen LogP contribution in [0.2, 0.25) is 0 Å². The van der Waals surface area contributed by atoms with Gasteiger partial charge in [-0.2, -0.15) is 0 Å². The molecular formula is C13H24N2O. The minimum atomic E-state index is 0.540. The van der Waals surface area contributed by atoms with Crippen molar-refractivity contribution in [2.24, 2.45) is 0 Å². The Hall–Kier alpha value is -0.800. The van der Waals surface area contributed by atoms with E-state index < -0.39 is 0 Å². The molecule has 1 rings (SSSR count). The van der Waals surface area contributed by atoms with Crippen LogP contribution in [0.1, 0.15) is 25.8 Å². The summed E-state index contributed by atoms with van der Waals surface area (Å²) in [7, 11) is 2.03. The van der Waals surface area contributed by atoms with Crippen LogP contribution in [0.4, 0.5) is 0 Å². The number of rotatable bonds is 8. The van der Waals surface area contributed by atoms with Crippen molar-refractivity contribution < 1.29 is 4.42 Å². The predicted octanol–water partition coefficient (Wildman–Crippen LogP) is 2.14. The molecule has 0 saturated heterocycles. The Bertz CT molecular complexity index is 255. The molecule has 3 nitrogen and oxygen atoms in total. The number of hydrogen-bond donors (Lipinski definition) is 1. The molecule has 3 heteroatoms. The van der Waals surface area contributed by atoms with Crippen LogP contribution in [0.25, 0.3) is 0 Å². The van der Waals surface area contributed by atoms with Gasteiger partial charge in [0.1, 0.15) is 0 Å². The lowest BCUT2D eigenvalue weighted by Crippen LogP contribution is -2.33. The van der Waals surface area contributed by atoms with E-state index in [2.05, 4.69) is 24.1 Å². The van der Waals surface area contributed by atoms with E-state index in [1.165, 1.54) is 12.0 Å². The van der Waals surface area contributed by atoms with Gasteiger partial charge in [-0.15, -0.1) is 0 Å². The van der Waals surface area contributed by atoms with Crippen LogP contribution in [0.5, 0.6) is 0 Å². The number of furan rings is 1. The molecular weight excluding hydrogens is 200 g/mol. The highest BCUT2D eigenvalue weighted by Crippen LogP contribution is 2.07. The highest BCUT2D eigenvalue weighted by molar-refractivity contribution is 5.07. The second-order valence-electron chi connectivity index (χ2n) is 4.14. The standard InChI is InChI=1S/C13H24N2O/c1-4-15(5-2)8-6-13(14-3)10-12-7-9-16-11-12/h7,9,11,13-14H,4-6,8,10H2,1-3H3.